The lowest BCUT2D eigenvalue weighted by Crippen LogP contribution is -2.26. The average molecular weight is 280 g/mol. The van der Waals surface area contributed by atoms with Crippen LogP contribution in [0.5, 0.6) is 0 Å². The third-order valence-electron chi connectivity index (χ3n) is 2.48. The molecule has 0 bridgehead atoms. The summed E-state index contributed by atoms with van der Waals surface area (Å²) >= 11 is 5.78. The fourth-order valence-electron chi connectivity index (χ4n) is 1.55. The van der Waals surface area contributed by atoms with Crippen LogP contribution in [-0.4, -0.2) is 22.4 Å². The Balaban J connectivity index is 1.90. The summed E-state index contributed by atoms with van der Waals surface area (Å²) in [6.07, 6.45) is 4.65. The number of rotatable bonds is 4. The molecule has 1 aromatic carbocycles. The van der Waals surface area contributed by atoms with Crippen molar-refractivity contribution >= 4 is 17.5 Å². The first-order valence-corrected chi connectivity index (χ1v) is 6.03. The Morgan fingerprint density at radius 1 is 1.37 bits per heavy atom. The minimum absolute atomic E-state index is 0.231. The van der Waals surface area contributed by atoms with Gasteiger partial charge in [0.15, 0.2) is 0 Å². The van der Waals surface area contributed by atoms with Crippen molar-refractivity contribution in [3.05, 3.63) is 58.9 Å². The molecule has 0 saturated carbocycles. The molecule has 4 nitrogen and oxygen atoms in total. The van der Waals surface area contributed by atoms with E-state index in [0.29, 0.717) is 23.6 Å². The molecule has 1 amide bonds. The summed E-state index contributed by atoms with van der Waals surface area (Å²) in [7, 11) is 0. The fraction of sp³-hybridized carbons (Fsp3) is 0.154. The van der Waals surface area contributed by atoms with Crippen LogP contribution in [0.15, 0.2) is 36.8 Å². The molecule has 1 N–H and O–H groups in total. The smallest absolute Gasteiger partial charge is 0.271 e. The van der Waals surface area contributed by atoms with E-state index in [0.717, 1.165) is 0 Å². The first kappa shape index (κ1) is 13.4. The molecule has 1 aromatic heterocycles. The van der Waals surface area contributed by atoms with Crippen LogP contribution < -0.4 is 5.32 Å². The van der Waals surface area contributed by atoms with Crippen LogP contribution in [0.1, 0.15) is 16.1 Å². The highest BCUT2D eigenvalue weighted by Crippen LogP contribution is 2.14. The van der Waals surface area contributed by atoms with Crippen LogP contribution in [0.4, 0.5) is 4.39 Å². The van der Waals surface area contributed by atoms with Gasteiger partial charge in [0.2, 0.25) is 0 Å². The molecule has 0 aliphatic heterocycles. The molecule has 0 unspecified atom stereocenters. The summed E-state index contributed by atoms with van der Waals surface area (Å²) in [6, 6.07) is 4.34. The highest BCUT2D eigenvalue weighted by molar-refractivity contribution is 6.30. The van der Waals surface area contributed by atoms with Gasteiger partial charge in [0, 0.05) is 24.0 Å². The van der Waals surface area contributed by atoms with Gasteiger partial charge in [-0.2, -0.15) is 0 Å². The maximum absolute atomic E-state index is 13.4. The van der Waals surface area contributed by atoms with Gasteiger partial charge in [0.05, 0.1) is 6.20 Å². The molecule has 2 rings (SSSR count). The number of carbonyl (C=O) groups excluding carboxylic acids is 1. The zero-order chi connectivity index (χ0) is 13.7. The monoisotopic (exact) mass is 279 g/mol. The minimum Gasteiger partial charge on any atom is -0.350 e. The Morgan fingerprint density at radius 3 is 2.95 bits per heavy atom. The minimum atomic E-state index is -0.337. The van der Waals surface area contributed by atoms with E-state index in [9.17, 15) is 9.18 Å². The average Bonchev–Trinajstić information content (AvgIpc) is 2.43. The van der Waals surface area contributed by atoms with Gasteiger partial charge in [-0.1, -0.05) is 11.6 Å². The van der Waals surface area contributed by atoms with Gasteiger partial charge in [-0.15, -0.1) is 0 Å². The largest absolute Gasteiger partial charge is 0.350 e. The van der Waals surface area contributed by atoms with Crippen molar-refractivity contribution in [3.63, 3.8) is 0 Å². The van der Waals surface area contributed by atoms with Gasteiger partial charge in [0.25, 0.3) is 5.91 Å². The summed E-state index contributed by atoms with van der Waals surface area (Å²) < 4.78 is 13.4. The Hall–Kier alpha value is -2.01. The predicted octanol–water partition coefficient (Wildman–Crippen LogP) is 2.24. The second kappa shape index (κ2) is 6.24. The number of hydrogen-bond donors (Lipinski definition) is 1. The van der Waals surface area contributed by atoms with E-state index in [1.165, 1.54) is 30.7 Å². The predicted molar refractivity (Wildman–Crippen MR) is 69.5 cm³/mol. The summed E-state index contributed by atoms with van der Waals surface area (Å²) in [4.78, 5) is 19.3. The second-order valence-electron chi connectivity index (χ2n) is 3.83. The first-order valence-electron chi connectivity index (χ1n) is 5.65. The van der Waals surface area contributed by atoms with E-state index >= 15 is 0 Å². The first-order chi connectivity index (χ1) is 9.16. The standard InChI is InChI=1S/C13H11ClFN3O/c14-10-1-2-11(15)9(7-10)3-4-18-13(19)12-8-16-5-6-17-12/h1-2,5-8H,3-4H2,(H,18,19). The van der Waals surface area contributed by atoms with Crippen LogP contribution in [0, 0.1) is 5.82 Å². The summed E-state index contributed by atoms with van der Waals surface area (Å²) in [5.41, 5.74) is 0.695. The van der Waals surface area contributed by atoms with E-state index in [4.69, 9.17) is 11.6 Å². The fourth-order valence-corrected chi connectivity index (χ4v) is 1.75. The maximum Gasteiger partial charge on any atom is 0.271 e. The van der Waals surface area contributed by atoms with Gasteiger partial charge in [0.1, 0.15) is 11.5 Å². The van der Waals surface area contributed by atoms with E-state index in [-0.39, 0.29) is 17.4 Å². The van der Waals surface area contributed by atoms with Crippen molar-refractivity contribution in [3.8, 4) is 0 Å². The zero-order valence-corrected chi connectivity index (χ0v) is 10.7. The lowest BCUT2D eigenvalue weighted by molar-refractivity contribution is 0.0948. The van der Waals surface area contributed by atoms with Crippen molar-refractivity contribution in [2.24, 2.45) is 0 Å². The molecular formula is C13H11ClFN3O. The highest BCUT2D eigenvalue weighted by Gasteiger charge is 2.07. The number of hydrogen-bond acceptors (Lipinski definition) is 3. The van der Waals surface area contributed by atoms with E-state index in [1.54, 1.807) is 6.07 Å². The Labute approximate surface area is 114 Å². The molecule has 1 heterocycles. The second-order valence-corrected chi connectivity index (χ2v) is 4.27. The van der Waals surface area contributed by atoms with E-state index in [1.807, 2.05) is 0 Å². The van der Waals surface area contributed by atoms with Gasteiger partial charge in [-0.05, 0) is 30.2 Å². The normalized spacial score (nSPS) is 10.2. The van der Waals surface area contributed by atoms with Gasteiger partial charge in [-0.25, -0.2) is 9.37 Å². The van der Waals surface area contributed by atoms with Crippen LogP contribution >= 0.6 is 11.6 Å². The van der Waals surface area contributed by atoms with Crippen LogP contribution in [0.25, 0.3) is 0 Å². The summed E-state index contributed by atoms with van der Waals surface area (Å²) in [5, 5.41) is 3.11. The molecule has 0 aliphatic rings. The van der Waals surface area contributed by atoms with Crippen molar-refractivity contribution < 1.29 is 9.18 Å². The number of carbonyl (C=O) groups is 1. The van der Waals surface area contributed by atoms with Crippen LogP contribution in [-0.2, 0) is 6.42 Å². The summed E-state index contributed by atoms with van der Waals surface area (Å²) in [5.74, 6) is -0.673. The molecule has 0 atom stereocenters. The third-order valence-corrected chi connectivity index (χ3v) is 2.72. The molecule has 6 heteroatoms. The van der Waals surface area contributed by atoms with Crippen molar-refractivity contribution in [1.82, 2.24) is 15.3 Å². The van der Waals surface area contributed by atoms with E-state index < -0.39 is 0 Å². The molecule has 0 aliphatic carbocycles. The number of benzene rings is 1. The third kappa shape index (κ3) is 3.72. The molecule has 0 saturated heterocycles. The van der Waals surface area contributed by atoms with Crippen LogP contribution in [0.2, 0.25) is 5.02 Å². The number of nitrogens with one attached hydrogen (secondary N) is 1. The molecule has 0 radical (unpaired) electrons. The molecule has 2 aromatic rings. The van der Waals surface area contributed by atoms with E-state index in [2.05, 4.69) is 15.3 Å². The highest BCUT2D eigenvalue weighted by atomic mass is 35.5. The Kier molecular flexibility index (Phi) is 4.41. The molecule has 0 spiro atoms. The zero-order valence-electron chi connectivity index (χ0n) is 9.94. The molecule has 0 fully saturated rings. The number of halogens is 2. The Morgan fingerprint density at radius 2 is 2.21 bits per heavy atom. The SMILES string of the molecule is O=C(NCCc1cc(Cl)ccc1F)c1cnccn1. The van der Waals surface area contributed by atoms with Gasteiger partial charge < -0.3 is 5.32 Å². The van der Waals surface area contributed by atoms with Crippen LogP contribution in [0.3, 0.4) is 0 Å². The molecular weight excluding hydrogens is 269 g/mol. The molecule has 19 heavy (non-hydrogen) atoms. The number of nitrogens with zero attached hydrogens (tertiary/aromatic N) is 2. The van der Waals surface area contributed by atoms with Crippen molar-refractivity contribution in [2.75, 3.05) is 6.54 Å². The maximum atomic E-state index is 13.4. The van der Waals surface area contributed by atoms with Crippen molar-refractivity contribution in [2.45, 2.75) is 6.42 Å². The molecule has 98 valence electrons. The Bertz CT molecular complexity index is 577. The van der Waals surface area contributed by atoms with Crippen molar-refractivity contribution in [1.29, 1.82) is 0 Å². The lowest BCUT2D eigenvalue weighted by atomic mass is 10.1. The number of amides is 1. The summed E-state index contributed by atoms with van der Waals surface area (Å²) in [6.45, 7) is 0.298. The lowest BCUT2D eigenvalue weighted by Gasteiger charge is -2.06. The van der Waals surface area contributed by atoms with Gasteiger partial charge >= 0.3 is 0 Å². The quantitative estimate of drug-likeness (QED) is 0.934. The van der Waals surface area contributed by atoms with Gasteiger partial charge in [-0.3, -0.25) is 9.78 Å². The number of aromatic nitrogens is 2. The topological polar surface area (TPSA) is 54.9 Å².